The number of hydrogen-bond donors (Lipinski definition) is 0. The van der Waals surface area contributed by atoms with Crippen molar-refractivity contribution >= 4 is 11.6 Å². The summed E-state index contributed by atoms with van der Waals surface area (Å²) >= 11 is 0. The van der Waals surface area contributed by atoms with Crippen LogP contribution in [-0.4, -0.2) is 68.6 Å². The molecule has 1 aliphatic carbocycles. The Bertz CT molecular complexity index is 1000. The number of carbonyl (C=O) groups is 1. The summed E-state index contributed by atoms with van der Waals surface area (Å²) in [7, 11) is 1.70. The Labute approximate surface area is 208 Å². The number of nitrogens with zero attached hydrogens (tertiary/aromatic N) is 3. The molecule has 6 heteroatoms. The third-order valence-corrected chi connectivity index (χ3v) is 8.29. The summed E-state index contributed by atoms with van der Waals surface area (Å²) in [5.41, 5.74) is 2.23. The molecule has 0 N–H and O–H groups in total. The van der Waals surface area contributed by atoms with Crippen LogP contribution in [0.15, 0.2) is 48.5 Å². The van der Waals surface area contributed by atoms with E-state index in [0.29, 0.717) is 30.7 Å². The highest BCUT2D eigenvalue weighted by molar-refractivity contribution is 5.77. The van der Waals surface area contributed by atoms with E-state index >= 15 is 0 Å². The summed E-state index contributed by atoms with van der Waals surface area (Å²) in [6, 6.07) is 15.3. The van der Waals surface area contributed by atoms with Crippen molar-refractivity contribution in [3.05, 3.63) is 59.9 Å². The van der Waals surface area contributed by atoms with E-state index in [0.717, 1.165) is 50.6 Å². The van der Waals surface area contributed by atoms with Crippen molar-refractivity contribution in [2.75, 3.05) is 57.8 Å². The van der Waals surface area contributed by atoms with Crippen LogP contribution in [-0.2, 0) is 4.79 Å². The number of benzene rings is 2. The number of hydrogen-bond acceptors (Lipinski definition) is 4. The Morgan fingerprint density at radius 1 is 1.00 bits per heavy atom. The molecule has 2 heterocycles. The van der Waals surface area contributed by atoms with Crippen molar-refractivity contribution in [2.45, 2.75) is 38.0 Å². The van der Waals surface area contributed by atoms with Gasteiger partial charge in [0.2, 0.25) is 5.91 Å². The zero-order valence-corrected chi connectivity index (χ0v) is 20.9. The maximum atomic E-state index is 14.1. The second kappa shape index (κ2) is 11.0. The van der Waals surface area contributed by atoms with Crippen molar-refractivity contribution in [1.82, 2.24) is 9.80 Å². The molecule has 188 valence electrons. The number of rotatable bonds is 7. The normalized spacial score (nSPS) is 23.7. The zero-order chi connectivity index (χ0) is 24.2. The predicted molar refractivity (Wildman–Crippen MR) is 137 cm³/mol. The van der Waals surface area contributed by atoms with Crippen LogP contribution >= 0.6 is 0 Å². The number of amides is 1. The SMILES string of the molecule is COc1cccc(N2CCN(C[C@H]3CN(C(=O)CC4CCCC4)C[C@H]3c3cccc(F)c3)CC2)c1. The molecular formula is C29H38FN3O2. The minimum absolute atomic E-state index is 0.189. The lowest BCUT2D eigenvalue weighted by molar-refractivity contribution is -0.131. The minimum Gasteiger partial charge on any atom is -0.497 e. The number of halogens is 1. The molecule has 1 amide bonds. The van der Waals surface area contributed by atoms with E-state index in [1.807, 2.05) is 18.2 Å². The summed E-state index contributed by atoms with van der Waals surface area (Å²) in [4.78, 5) is 20.2. The Hall–Kier alpha value is -2.60. The maximum absolute atomic E-state index is 14.1. The van der Waals surface area contributed by atoms with Crippen molar-refractivity contribution < 1.29 is 13.9 Å². The van der Waals surface area contributed by atoms with Gasteiger partial charge in [-0.05, 0) is 54.5 Å². The van der Waals surface area contributed by atoms with E-state index in [-0.39, 0.29) is 11.7 Å². The molecule has 3 fully saturated rings. The van der Waals surface area contributed by atoms with Crippen LogP contribution < -0.4 is 9.64 Å². The summed E-state index contributed by atoms with van der Waals surface area (Å²) in [5, 5.41) is 0. The zero-order valence-electron chi connectivity index (χ0n) is 20.9. The lowest BCUT2D eigenvalue weighted by Crippen LogP contribution is -2.48. The highest BCUT2D eigenvalue weighted by Gasteiger charge is 2.38. The molecule has 5 nitrogen and oxygen atoms in total. The molecule has 2 aromatic rings. The maximum Gasteiger partial charge on any atom is 0.222 e. The number of ether oxygens (including phenoxy) is 1. The topological polar surface area (TPSA) is 36.0 Å². The lowest BCUT2D eigenvalue weighted by Gasteiger charge is -2.38. The van der Waals surface area contributed by atoms with Crippen molar-refractivity contribution in [1.29, 1.82) is 0 Å². The van der Waals surface area contributed by atoms with E-state index in [2.05, 4.69) is 26.8 Å². The van der Waals surface area contributed by atoms with Crippen LogP contribution in [0.25, 0.3) is 0 Å². The summed E-state index contributed by atoms with van der Waals surface area (Å²) < 4.78 is 19.5. The first-order chi connectivity index (χ1) is 17.1. The molecular weight excluding hydrogens is 441 g/mol. The largest absolute Gasteiger partial charge is 0.497 e. The van der Waals surface area contributed by atoms with Crippen molar-refractivity contribution in [3.8, 4) is 5.75 Å². The van der Waals surface area contributed by atoms with Gasteiger partial charge in [-0.2, -0.15) is 0 Å². The quantitative estimate of drug-likeness (QED) is 0.573. The monoisotopic (exact) mass is 479 g/mol. The summed E-state index contributed by atoms with van der Waals surface area (Å²) in [6.45, 7) is 6.34. The molecule has 0 spiro atoms. The van der Waals surface area contributed by atoms with Gasteiger partial charge in [0.25, 0.3) is 0 Å². The highest BCUT2D eigenvalue weighted by atomic mass is 19.1. The molecule has 2 atom stereocenters. The second-order valence-corrected chi connectivity index (χ2v) is 10.6. The van der Waals surface area contributed by atoms with Crippen LogP contribution in [0.5, 0.6) is 5.75 Å². The fourth-order valence-electron chi connectivity index (χ4n) is 6.29. The third-order valence-electron chi connectivity index (χ3n) is 8.29. The molecule has 2 aliphatic heterocycles. The molecule has 0 unspecified atom stereocenters. The van der Waals surface area contributed by atoms with Crippen molar-refractivity contribution in [3.63, 3.8) is 0 Å². The molecule has 35 heavy (non-hydrogen) atoms. The molecule has 1 saturated carbocycles. The van der Waals surface area contributed by atoms with Gasteiger partial charge in [-0.3, -0.25) is 9.69 Å². The van der Waals surface area contributed by atoms with E-state index in [9.17, 15) is 9.18 Å². The summed E-state index contributed by atoms with van der Waals surface area (Å²) in [6.07, 6.45) is 5.58. The second-order valence-electron chi connectivity index (χ2n) is 10.6. The Morgan fingerprint density at radius 2 is 1.77 bits per heavy atom. The molecule has 0 aromatic heterocycles. The van der Waals surface area contributed by atoms with Crippen LogP contribution in [0.2, 0.25) is 0 Å². The molecule has 2 saturated heterocycles. The number of piperazine rings is 1. The molecule has 3 aliphatic rings. The molecule has 0 bridgehead atoms. The number of anilines is 1. The Balaban J connectivity index is 1.23. The van der Waals surface area contributed by atoms with Crippen LogP contribution in [0.4, 0.5) is 10.1 Å². The highest BCUT2D eigenvalue weighted by Crippen LogP contribution is 2.36. The standard InChI is InChI=1S/C29H38FN3O2/c1-35-27-11-5-10-26(18-27)32-14-12-31(13-15-32)19-24-20-33(29(34)16-22-6-2-3-7-22)21-28(24)23-8-4-9-25(30)17-23/h4-5,8-11,17-18,22,24,28H,2-3,6-7,12-16,19-21H2,1H3/t24-,28-/m0/s1. The Morgan fingerprint density at radius 3 is 2.51 bits per heavy atom. The van der Waals surface area contributed by atoms with Crippen LogP contribution in [0.3, 0.4) is 0 Å². The average molecular weight is 480 g/mol. The molecule has 2 aromatic carbocycles. The van der Waals surface area contributed by atoms with Crippen molar-refractivity contribution in [2.24, 2.45) is 11.8 Å². The first-order valence-electron chi connectivity index (χ1n) is 13.2. The fraction of sp³-hybridized carbons (Fsp3) is 0.552. The van der Waals surface area contributed by atoms with Gasteiger partial charge in [0.15, 0.2) is 0 Å². The van der Waals surface area contributed by atoms with E-state index in [1.165, 1.54) is 37.4 Å². The van der Waals surface area contributed by atoms with Crippen LogP contribution in [0, 0.1) is 17.7 Å². The minimum atomic E-state index is -0.191. The molecule has 0 radical (unpaired) electrons. The number of likely N-dealkylation sites (tertiary alicyclic amines) is 1. The predicted octanol–water partition coefficient (Wildman–Crippen LogP) is 4.78. The van der Waals surface area contributed by atoms with Gasteiger partial charge in [0, 0.05) is 69.9 Å². The van der Waals surface area contributed by atoms with Gasteiger partial charge in [0.05, 0.1) is 7.11 Å². The van der Waals surface area contributed by atoms with Gasteiger partial charge in [0.1, 0.15) is 11.6 Å². The summed E-state index contributed by atoms with van der Waals surface area (Å²) in [5.74, 6) is 2.06. The van der Waals surface area contributed by atoms with Gasteiger partial charge in [-0.15, -0.1) is 0 Å². The van der Waals surface area contributed by atoms with E-state index in [1.54, 1.807) is 19.2 Å². The van der Waals surface area contributed by atoms with Gasteiger partial charge in [-0.1, -0.05) is 31.0 Å². The smallest absolute Gasteiger partial charge is 0.222 e. The first kappa shape index (κ1) is 24.1. The number of methoxy groups -OCH3 is 1. The fourth-order valence-corrected chi connectivity index (χ4v) is 6.29. The number of carbonyl (C=O) groups excluding carboxylic acids is 1. The van der Waals surface area contributed by atoms with E-state index < -0.39 is 0 Å². The lowest BCUT2D eigenvalue weighted by atomic mass is 9.88. The molecule has 5 rings (SSSR count). The van der Waals surface area contributed by atoms with Crippen LogP contribution in [0.1, 0.15) is 43.6 Å². The van der Waals surface area contributed by atoms with Gasteiger partial charge < -0.3 is 14.5 Å². The van der Waals surface area contributed by atoms with Gasteiger partial charge >= 0.3 is 0 Å². The third kappa shape index (κ3) is 5.80. The van der Waals surface area contributed by atoms with E-state index in [4.69, 9.17) is 4.74 Å². The average Bonchev–Trinajstić information content (AvgIpc) is 3.55. The van der Waals surface area contributed by atoms with Gasteiger partial charge in [-0.25, -0.2) is 4.39 Å². The Kier molecular flexibility index (Phi) is 7.57. The first-order valence-corrected chi connectivity index (χ1v) is 13.2.